The maximum Gasteiger partial charge on any atom is 0.265 e. The van der Waals surface area contributed by atoms with Crippen LogP contribution in [0, 0.1) is 20.8 Å². The van der Waals surface area contributed by atoms with E-state index in [4.69, 9.17) is 4.74 Å². The second-order valence-corrected chi connectivity index (χ2v) is 6.31. The molecular formula is C18H20BrNO2. The van der Waals surface area contributed by atoms with Gasteiger partial charge in [0, 0.05) is 10.2 Å². The van der Waals surface area contributed by atoms with E-state index in [2.05, 4.69) is 21.2 Å². The van der Waals surface area contributed by atoms with Gasteiger partial charge in [0.2, 0.25) is 0 Å². The number of amides is 1. The van der Waals surface area contributed by atoms with Crippen molar-refractivity contribution in [3.63, 3.8) is 0 Å². The van der Waals surface area contributed by atoms with Crippen molar-refractivity contribution in [2.45, 2.75) is 33.8 Å². The lowest BCUT2D eigenvalue weighted by atomic mass is 10.1. The molecule has 1 atom stereocenters. The summed E-state index contributed by atoms with van der Waals surface area (Å²) in [5.41, 5.74) is 4.19. The topological polar surface area (TPSA) is 38.3 Å². The third-order valence-corrected chi connectivity index (χ3v) is 4.48. The van der Waals surface area contributed by atoms with Crippen molar-refractivity contribution in [3.8, 4) is 5.75 Å². The van der Waals surface area contributed by atoms with Crippen LogP contribution >= 0.6 is 15.9 Å². The van der Waals surface area contributed by atoms with E-state index in [1.807, 2.05) is 57.2 Å². The molecule has 1 N–H and O–H groups in total. The molecular weight excluding hydrogens is 342 g/mol. The Labute approximate surface area is 139 Å². The number of benzene rings is 2. The van der Waals surface area contributed by atoms with Gasteiger partial charge in [-0.15, -0.1) is 0 Å². The van der Waals surface area contributed by atoms with E-state index in [9.17, 15) is 4.79 Å². The van der Waals surface area contributed by atoms with Crippen LogP contribution in [0.25, 0.3) is 0 Å². The van der Waals surface area contributed by atoms with Gasteiger partial charge in [0.1, 0.15) is 5.75 Å². The number of rotatable bonds is 4. The average Bonchev–Trinajstić information content (AvgIpc) is 2.46. The van der Waals surface area contributed by atoms with E-state index in [1.54, 1.807) is 6.92 Å². The molecule has 0 aliphatic carbocycles. The van der Waals surface area contributed by atoms with E-state index >= 15 is 0 Å². The molecule has 0 heterocycles. The minimum absolute atomic E-state index is 0.167. The zero-order valence-corrected chi connectivity index (χ0v) is 14.8. The zero-order valence-electron chi connectivity index (χ0n) is 13.2. The molecule has 2 aromatic carbocycles. The molecule has 2 rings (SSSR count). The average molecular weight is 362 g/mol. The van der Waals surface area contributed by atoms with Crippen LogP contribution in [0.3, 0.4) is 0 Å². The molecule has 0 saturated carbocycles. The van der Waals surface area contributed by atoms with Gasteiger partial charge in [-0.2, -0.15) is 0 Å². The zero-order chi connectivity index (χ0) is 16.3. The Morgan fingerprint density at radius 2 is 1.77 bits per heavy atom. The number of anilines is 1. The Balaban J connectivity index is 2.02. The van der Waals surface area contributed by atoms with Gasteiger partial charge in [-0.1, -0.05) is 22.0 Å². The summed E-state index contributed by atoms with van der Waals surface area (Å²) >= 11 is 3.44. The number of aryl methyl sites for hydroxylation is 3. The van der Waals surface area contributed by atoms with Crippen LogP contribution in [0.4, 0.5) is 5.69 Å². The highest BCUT2D eigenvalue weighted by Crippen LogP contribution is 2.21. The van der Waals surface area contributed by atoms with Crippen LogP contribution in [-0.4, -0.2) is 12.0 Å². The van der Waals surface area contributed by atoms with Gasteiger partial charge in [-0.25, -0.2) is 0 Å². The Kier molecular flexibility index (Phi) is 5.24. The quantitative estimate of drug-likeness (QED) is 0.850. The SMILES string of the molecule is Cc1ccc(O[C@@H](C)C(=O)Nc2ccc(Br)c(C)c2)cc1C. The minimum atomic E-state index is -0.564. The number of hydrogen-bond acceptors (Lipinski definition) is 2. The number of carbonyl (C=O) groups is 1. The van der Waals surface area contributed by atoms with Crippen molar-refractivity contribution < 1.29 is 9.53 Å². The molecule has 116 valence electrons. The van der Waals surface area contributed by atoms with Crippen LogP contribution in [0.2, 0.25) is 0 Å². The first-order valence-electron chi connectivity index (χ1n) is 7.18. The molecule has 4 heteroatoms. The Morgan fingerprint density at radius 1 is 1.05 bits per heavy atom. The fourth-order valence-electron chi connectivity index (χ4n) is 2.01. The maximum absolute atomic E-state index is 12.2. The number of nitrogens with one attached hydrogen (secondary N) is 1. The smallest absolute Gasteiger partial charge is 0.265 e. The summed E-state index contributed by atoms with van der Waals surface area (Å²) in [5.74, 6) is 0.540. The van der Waals surface area contributed by atoms with E-state index in [0.29, 0.717) is 5.75 Å². The van der Waals surface area contributed by atoms with Crippen LogP contribution in [-0.2, 0) is 4.79 Å². The molecule has 0 aromatic heterocycles. The highest BCUT2D eigenvalue weighted by Gasteiger charge is 2.15. The lowest BCUT2D eigenvalue weighted by Gasteiger charge is -2.16. The summed E-state index contributed by atoms with van der Waals surface area (Å²) in [7, 11) is 0. The van der Waals surface area contributed by atoms with Gasteiger partial charge in [0.05, 0.1) is 0 Å². The Morgan fingerprint density at radius 3 is 2.41 bits per heavy atom. The molecule has 0 saturated heterocycles. The summed E-state index contributed by atoms with van der Waals surface area (Å²) < 4.78 is 6.74. The molecule has 1 amide bonds. The molecule has 0 radical (unpaired) electrons. The van der Waals surface area contributed by atoms with Gasteiger partial charge in [-0.05, 0) is 74.7 Å². The van der Waals surface area contributed by atoms with Crippen molar-refractivity contribution >= 4 is 27.5 Å². The van der Waals surface area contributed by atoms with Gasteiger partial charge in [-0.3, -0.25) is 4.79 Å². The number of carbonyl (C=O) groups excluding carboxylic acids is 1. The first kappa shape index (κ1) is 16.6. The monoisotopic (exact) mass is 361 g/mol. The summed E-state index contributed by atoms with van der Waals surface area (Å²) in [6.07, 6.45) is -0.564. The van der Waals surface area contributed by atoms with Gasteiger partial charge in [0.15, 0.2) is 6.10 Å². The molecule has 3 nitrogen and oxygen atoms in total. The van der Waals surface area contributed by atoms with Gasteiger partial charge in [0.25, 0.3) is 5.91 Å². The molecule has 2 aromatic rings. The van der Waals surface area contributed by atoms with E-state index < -0.39 is 6.10 Å². The highest BCUT2D eigenvalue weighted by atomic mass is 79.9. The molecule has 0 aliphatic rings. The highest BCUT2D eigenvalue weighted by molar-refractivity contribution is 9.10. The Hall–Kier alpha value is -1.81. The second kappa shape index (κ2) is 6.97. The van der Waals surface area contributed by atoms with Crippen molar-refractivity contribution in [2.24, 2.45) is 0 Å². The summed E-state index contributed by atoms with van der Waals surface area (Å²) in [6, 6.07) is 11.5. The Bertz CT molecular complexity index is 697. The van der Waals surface area contributed by atoms with Gasteiger partial charge < -0.3 is 10.1 Å². The predicted molar refractivity (Wildman–Crippen MR) is 93.5 cm³/mol. The molecule has 0 fully saturated rings. The first-order chi connectivity index (χ1) is 10.4. The van der Waals surface area contributed by atoms with Crippen molar-refractivity contribution in [2.75, 3.05) is 5.32 Å². The first-order valence-corrected chi connectivity index (χ1v) is 7.97. The second-order valence-electron chi connectivity index (χ2n) is 5.46. The van der Waals surface area contributed by atoms with Crippen molar-refractivity contribution in [1.29, 1.82) is 0 Å². The predicted octanol–water partition coefficient (Wildman–Crippen LogP) is 4.78. The third-order valence-electron chi connectivity index (χ3n) is 3.59. The molecule has 0 aliphatic heterocycles. The molecule has 0 unspecified atom stereocenters. The summed E-state index contributed by atoms with van der Waals surface area (Å²) in [4.78, 5) is 12.2. The standard InChI is InChI=1S/C18H20BrNO2/c1-11-5-7-16(10-12(11)2)22-14(4)18(21)20-15-6-8-17(19)13(3)9-15/h5-10,14H,1-4H3,(H,20,21)/t14-/m0/s1. The third kappa shape index (κ3) is 4.10. The van der Waals surface area contributed by atoms with E-state index in [1.165, 1.54) is 5.56 Å². The van der Waals surface area contributed by atoms with Crippen LogP contribution in [0.1, 0.15) is 23.6 Å². The largest absolute Gasteiger partial charge is 0.481 e. The number of halogens is 1. The van der Waals surface area contributed by atoms with E-state index in [0.717, 1.165) is 21.3 Å². The van der Waals surface area contributed by atoms with Crippen LogP contribution in [0.5, 0.6) is 5.75 Å². The van der Waals surface area contributed by atoms with Crippen LogP contribution in [0.15, 0.2) is 40.9 Å². The number of ether oxygens (including phenoxy) is 1. The van der Waals surface area contributed by atoms with Gasteiger partial charge >= 0.3 is 0 Å². The van der Waals surface area contributed by atoms with Crippen molar-refractivity contribution in [1.82, 2.24) is 0 Å². The number of hydrogen-bond donors (Lipinski definition) is 1. The lowest BCUT2D eigenvalue weighted by molar-refractivity contribution is -0.122. The maximum atomic E-state index is 12.2. The minimum Gasteiger partial charge on any atom is -0.481 e. The van der Waals surface area contributed by atoms with Crippen LogP contribution < -0.4 is 10.1 Å². The molecule has 0 spiro atoms. The fraction of sp³-hybridized carbons (Fsp3) is 0.278. The summed E-state index contributed by atoms with van der Waals surface area (Å²) in [6.45, 7) is 7.80. The fourth-order valence-corrected chi connectivity index (χ4v) is 2.26. The summed E-state index contributed by atoms with van der Waals surface area (Å²) in [5, 5.41) is 2.87. The van der Waals surface area contributed by atoms with E-state index in [-0.39, 0.29) is 5.91 Å². The lowest BCUT2D eigenvalue weighted by Crippen LogP contribution is -2.30. The molecule has 0 bridgehead atoms. The molecule has 22 heavy (non-hydrogen) atoms. The normalized spacial score (nSPS) is 11.9. The van der Waals surface area contributed by atoms with Crippen molar-refractivity contribution in [3.05, 3.63) is 57.6 Å².